The zero-order chi connectivity index (χ0) is 12.8. The zero-order valence-electron chi connectivity index (χ0n) is 9.97. The lowest BCUT2D eigenvalue weighted by Crippen LogP contribution is -2.15. The molecule has 3 N–H and O–H groups in total. The van der Waals surface area contributed by atoms with Gasteiger partial charge < -0.3 is 10.3 Å². The summed E-state index contributed by atoms with van der Waals surface area (Å²) >= 11 is 0. The summed E-state index contributed by atoms with van der Waals surface area (Å²) in [6.07, 6.45) is 7.14. The monoisotopic (exact) mass is 246 g/mol. The fraction of sp³-hybridized carbons (Fsp3) is 0.273. The molecule has 0 bridgehead atoms. The van der Waals surface area contributed by atoms with Crippen LogP contribution >= 0.6 is 0 Å². The second-order valence-corrected chi connectivity index (χ2v) is 3.61. The molecule has 2 heterocycles. The molecule has 1 amide bonds. The van der Waals surface area contributed by atoms with Crippen LogP contribution in [0.3, 0.4) is 0 Å². The standard InChI is InChI=1S/C11H14N6O/c1-2-3-12-9-7-15-8(6-16-9)10(18)17-11-13-4-5-14-11/h4-7H,2-3H2,1H3,(H,12,16)(H2,13,14,17,18). The van der Waals surface area contributed by atoms with Gasteiger partial charge in [0, 0.05) is 18.9 Å². The largest absolute Gasteiger partial charge is 0.369 e. The molecule has 94 valence electrons. The summed E-state index contributed by atoms with van der Waals surface area (Å²) in [5, 5.41) is 5.65. The highest BCUT2D eigenvalue weighted by Gasteiger charge is 2.09. The maximum absolute atomic E-state index is 11.7. The highest BCUT2D eigenvalue weighted by molar-refractivity contribution is 6.01. The average molecular weight is 246 g/mol. The number of aromatic amines is 1. The highest BCUT2D eigenvalue weighted by atomic mass is 16.2. The molecule has 0 saturated heterocycles. The van der Waals surface area contributed by atoms with E-state index < -0.39 is 0 Å². The van der Waals surface area contributed by atoms with Crippen molar-refractivity contribution in [3.8, 4) is 0 Å². The third-order valence-electron chi connectivity index (χ3n) is 2.17. The Labute approximate surface area is 104 Å². The maximum atomic E-state index is 11.7. The first-order valence-corrected chi connectivity index (χ1v) is 5.66. The van der Waals surface area contributed by atoms with E-state index in [1.807, 2.05) is 0 Å². The maximum Gasteiger partial charge on any atom is 0.278 e. The van der Waals surface area contributed by atoms with Gasteiger partial charge in [-0.1, -0.05) is 6.92 Å². The van der Waals surface area contributed by atoms with E-state index in [0.29, 0.717) is 11.8 Å². The molecule has 0 radical (unpaired) electrons. The molecular weight excluding hydrogens is 232 g/mol. The van der Waals surface area contributed by atoms with Crippen molar-refractivity contribution in [2.24, 2.45) is 0 Å². The molecule has 0 atom stereocenters. The number of hydrogen-bond acceptors (Lipinski definition) is 5. The first-order chi connectivity index (χ1) is 8.79. The number of hydrogen-bond donors (Lipinski definition) is 3. The number of H-pyrrole nitrogens is 1. The number of carbonyl (C=O) groups excluding carboxylic acids is 1. The van der Waals surface area contributed by atoms with Crippen molar-refractivity contribution in [3.63, 3.8) is 0 Å². The molecule has 2 aromatic heterocycles. The van der Waals surface area contributed by atoms with Gasteiger partial charge in [0.25, 0.3) is 5.91 Å². The normalized spacial score (nSPS) is 10.1. The zero-order valence-corrected chi connectivity index (χ0v) is 9.97. The van der Waals surface area contributed by atoms with E-state index in [4.69, 9.17) is 0 Å². The van der Waals surface area contributed by atoms with Crippen LogP contribution in [0.5, 0.6) is 0 Å². The first-order valence-electron chi connectivity index (χ1n) is 5.66. The van der Waals surface area contributed by atoms with Crippen LogP contribution in [-0.2, 0) is 0 Å². The summed E-state index contributed by atoms with van der Waals surface area (Å²) in [5.41, 5.74) is 0.244. The van der Waals surface area contributed by atoms with E-state index in [1.165, 1.54) is 12.4 Å². The highest BCUT2D eigenvalue weighted by Crippen LogP contribution is 2.03. The molecule has 18 heavy (non-hydrogen) atoms. The Hall–Kier alpha value is -2.44. The molecule has 0 aliphatic carbocycles. The number of amides is 1. The van der Waals surface area contributed by atoms with Gasteiger partial charge in [-0.05, 0) is 6.42 Å². The number of imidazole rings is 1. The van der Waals surface area contributed by atoms with E-state index in [9.17, 15) is 4.79 Å². The first kappa shape index (κ1) is 12.0. The molecule has 0 spiro atoms. The molecular formula is C11H14N6O. The number of rotatable bonds is 5. The summed E-state index contributed by atoms with van der Waals surface area (Å²) in [6, 6.07) is 0. The van der Waals surface area contributed by atoms with E-state index >= 15 is 0 Å². The van der Waals surface area contributed by atoms with Crippen LogP contribution in [0.4, 0.5) is 11.8 Å². The van der Waals surface area contributed by atoms with Gasteiger partial charge >= 0.3 is 0 Å². The second kappa shape index (κ2) is 5.76. The Morgan fingerprint density at radius 2 is 2.22 bits per heavy atom. The van der Waals surface area contributed by atoms with Gasteiger partial charge in [0.15, 0.2) is 0 Å². The van der Waals surface area contributed by atoms with Crippen molar-refractivity contribution in [3.05, 3.63) is 30.5 Å². The van der Waals surface area contributed by atoms with Gasteiger partial charge in [-0.25, -0.2) is 15.0 Å². The van der Waals surface area contributed by atoms with E-state index in [2.05, 4.69) is 37.5 Å². The van der Waals surface area contributed by atoms with E-state index in [0.717, 1.165) is 13.0 Å². The Morgan fingerprint density at radius 1 is 1.33 bits per heavy atom. The number of nitrogens with one attached hydrogen (secondary N) is 3. The van der Waals surface area contributed by atoms with Crippen LogP contribution in [0.15, 0.2) is 24.8 Å². The molecule has 0 aromatic carbocycles. The SMILES string of the molecule is CCCNc1cnc(C(=O)Nc2ncc[nH]2)cn1. The Kier molecular flexibility index (Phi) is 3.85. The summed E-state index contributed by atoms with van der Waals surface area (Å²) < 4.78 is 0. The van der Waals surface area contributed by atoms with Gasteiger partial charge in [-0.3, -0.25) is 10.1 Å². The summed E-state index contributed by atoms with van der Waals surface area (Å²) in [6.45, 7) is 2.89. The van der Waals surface area contributed by atoms with Crippen molar-refractivity contribution >= 4 is 17.7 Å². The molecule has 0 unspecified atom stereocenters. The predicted octanol–water partition coefficient (Wildman–Crippen LogP) is 1.27. The molecule has 0 saturated carbocycles. The molecule has 0 aliphatic rings. The smallest absolute Gasteiger partial charge is 0.278 e. The van der Waals surface area contributed by atoms with Gasteiger partial charge in [-0.15, -0.1) is 0 Å². The molecule has 7 heteroatoms. The lowest BCUT2D eigenvalue weighted by molar-refractivity contribution is 0.102. The lowest BCUT2D eigenvalue weighted by atomic mass is 10.4. The molecule has 2 rings (SSSR count). The Balaban J connectivity index is 1.98. The van der Waals surface area contributed by atoms with Crippen molar-refractivity contribution in [1.82, 2.24) is 19.9 Å². The molecule has 0 aliphatic heterocycles. The second-order valence-electron chi connectivity index (χ2n) is 3.61. The summed E-state index contributed by atoms with van der Waals surface area (Å²) in [4.78, 5) is 26.5. The lowest BCUT2D eigenvalue weighted by Gasteiger charge is -2.04. The summed E-state index contributed by atoms with van der Waals surface area (Å²) in [5.74, 6) is 0.695. The van der Waals surface area contributed by atoms with Gasteiger partial charge in [0.2, 0.25) is 5.95 Å². The summed E-state index contributed by atoms with van der Waals surface area (Å²) in [7, 11) is 0. The van der Waals surface area contributed by atoms with Gasteiger partial charge in [-0.2, -0.15) is 0 Å². The average Bonchev–Trinajstić information content (AvgIpc) is 2.89. The van der Waals surface area contributed by atoms with Crippen LogP contribution in [-0.4, -0.2) is 32.4 Å². The van der Waals surface area contributed by atoms with Crippen molar-refractivity contribution in [1.29, 1.82) is 0 Å². The minimum Gasteiger partial charge on any atom is -0.369 e. The molecule has 2 aromatic rings. The van der Waals surface area contributed by atoms with Crippen LogP contribution in [0.1, 0.15) is 23.8 Å². The minimum atomic E-state index is -0.348. The van der Waals surface area contributed by atoms with Crippen LogP contribution in [0.25, 0.3) is 0 Å². The number of nitrogens with zero attached hydrogens (tertiary/aromatic N) is 3. The van der Waals surface area contributed by atoms with Crippen LogP contribution < -0.4 is 10.6 Å². The fourth-order valence-corrected chi connectivity index (χ4v) is 1.29. The number of carbonyl (C=O) groups is 1. The van der Waals surface area contributed by atoms with Crippen molar-refractivity contribution < 1.29 is 4.79 Å². The third-order valence-corrected chi connectivity index (χ3v) is 2.17. The van der Waals surface area contributed by atoms with Gasteiger partial charge in [0.05, 0.1) is 12.4 Å². The molecule has 0 fully saturated rings. The number of anilines is 2. The minimum absolute atomic E-state index is 0.244. The van der Waals surface area contributed by atoms with Crippen molar-refractivity contribution in [2.45, 2.75) is 13.3 Å². The molecule has 7 nitrogen and oxygen atoms in total. The van der Waals surface area contributed by atoms with E-state index in [-0.39, 0.29) is 11.6 Å². The predicted molar refractivity (Wildman–Crippen MR) is 67.4 cm³/mol. The topological polar surface area (TPSA) is 95.6 Å². The Morgan fingerprint density at radius 3 is 2.83 bits per heavy atom. The van der Waals surface area contributed by atoms with Crippen molar-refractivity contribution in [2.75, 3.05) is 17.2 Å². The fourth-order valence-electron chi connectivity index (χ4n) is 1.29. The van der Waals surface area contributed by atoms with Gasteiger partial charge in [0.1, 0.15) is 11.5 Å². The Bertz CT molecular complexity index is 493. The quantitative estimate of drug-likeness (QED) is 0.738. The van der Waals surface area contributed by atoms with E-state index in [1.54, 1.807) is 12.4 Å². The number of aromatic nitrogens is 4. The third kappa shape index (κ3) is 3.03. The van der Waals surface area contributed by atoms with Crippen LogP contribution in [0.2, 0.25) is 0 Å². The van der Waals surface area contributed by atoms with Crippen LogP contribution in [0, 0.1) is 0 Å².